The van der Waals surface area contributed by atoms with Crippen molar-refractivity contribution >= 4 is 11.9 Å². The number of nitrogens with one attached hydrogen (secondary N) is 1. The lowest BCUT2D eigenvalue weighted by atomic mass is 10.2. The molecule has 1 atom stereocenters. The average Bonchev–Trinajstić information content (AvgIpc) is 2.32. The number of hydrogen-bond donors (Lipinski definition) is 1. The van der Waals surface area contributed by atoms with Gasteiger partial charge in [-0.05, 0) is 26.8 Å². The largest absolute Gasteiger partial charge is 0.466 e. The van der Waals surface area contributed by atoms with Crippen LogP contribution in [0.5, 0.6) is 0 Å². The number of esters is 1. The summed E-state index contributed by atoms with van der Waals surface area (Å²) in [5.41, 5.74) is 0. The molecule has 0 aliphatic carbocycles. The van der Waals surface area contributed by atoms with Gasteiger partial charge >= 0.3 is 5.97 Å². The van der Waals surface area contributed by atoms with Gasteiger partial charge in [0.2, 0.25) is 5.91 Å². The molecule has 0 saturated carbocycles. The maximum Gasteiger partial charge on any atom is 0.307 e. The van der Waals surface area contributed by atoms with E-state index < -0.39 is 0 Å². The van der Waals surface area contributed by atoms with Crippen LogP contribution in [0.2, 0.25) is 0 Å². The second-order valence-corrected chi connectivity index (χ2v) is 4.85. The fourth-order valence-corrected chi connectivity index (χ4v) is 1.35. The van der Waals surface area contributed by atoms with Crippen molar-refractivity contribution in [2.45, 2.75) is 40.2 Å². The van der Waals surface area contributed by atoms with Crippen LogP contribution in [0.3, 0.4) is 0 Å². The Morgan fingerprint density at radius 3 is 2.39 bits per heavy atom. The van der Waals surface area contributed by atoms with Gasteiger partial charge in [-0.15, -0.1) is 0 Å². The van der Waals surface area contributed by atoms with Crippen molar-refractivity contribution < 1.29 is 14.3 Å². The number of rotatable bonds is 8. The molecule has 0 radical (unpaired) electrons. The fourth-order valence-electron chi connectivity index (χ4n) is 1.35. The van der Waals surface area contributed by atoms with E-state index >= 15 is 0 Å². The number of carbonyl (C=O) groups excluding carboxylic acids is 2. The van der Waals surface area contributed by atoms with Crippen molar-refractivity contribution in [3.63, 3.8) is 0 Å². The van der Waals surface area contributed by atoms with Gasteiger partial charge in [0.15, 0.2) is 0 Å². The standard InChI is InChI=1S/C13H26N2O3/c1-6-18-12(16)7-8-15(5)11(4)13(17)14-9-10(2)3/h10-11H,6-9H2,1-5H3,(H,14,17). The van der Waals surface area contributed by atoms with Crippen LogP contribution < -0.4 is 5.32 Å². The molecule has 5 heteroatoms. The topological polar surface area (TPSA) is 58.6 Å². The van der Waals surface area contributed by atoms with E-state index in [9.17, 15) is 9.59 Å². The van der Waals surface area contributed by atoms with E-state index in [1.54, 1.807) is 6.92 Å². The van der Waals surface area contributed by atoms with E-state index in [2.05, 4.69) is 19.2 Å². The van der Waals surface area contributed by atoms with Gasteiger partial charge in [0, 0.05) is 13.1 Å². The zero-order valence-corrected chi connectivity index (χ0v) is 12.2. The van der Waals surface area contributed by atoms with E-state index in [0.29, 0.717) is 32.0 Å². The monoisotopic (exact) mass is 258 g/mol. The molecule has 0 fully saturated rings. The second-order valence-electron chi connectivity index (χ2n) is 4.85. The quantitative estimate of drug-likeness (QED) is 0.661. The highest BCUT2D eigenvalue weighted by Gasteiger charge is 2.18. The molecular formula is C13H26N2O3. The average molecular weight is 258 g/mol. The van der Waals surface area contributed by atoms with E-state index in [0.717, 1.165) is 0 Å². The number of ether oxygens (including phenoxy) is 1. The first kappa shape index (κ1) is 16.9. The second kappa shape index (κ2) is 8.91. The van der Waals surface area contributed by atoms with Gasteiger partial charge in [0.25, 0.3) is 0 Å². The summed E-state index contributed by atoms with van der Waals surface area (Å²) >= 11 is 0. The molecule has 1 unspecified atom stereocenters. The van der Waals surface area contributed by atoms with Gasteiger partial charge in [0.05, 0.1) is 19.1 Å². The highest BCUT2D eigenvalue weighted by molar-refractivity contribution is 5.81. The van der Waals surface area contributed by atoms with E-state index in [4.69, 9.17) is 4.74 Å². The molecule has 0 saturated heterocycles. The minimum Gasteiger partial charge on any atom is -0.466 e. The number of likely N-dealkylation sites (N-methyl/N-ethyl adjacent to an activating group) is 1. The Morgan fingerprint density at radius 2 is 1.89 bits per heavy atom. The third-order valence-electron chi connectivity index (χ3n) is 2.70. The van der Waals surface area contributed by atoms with Crippen molar-refractivity contribution in [3.8, 4) is 0 Å². The molecule has 0 aliphatic heterocycles. The van der Waals surface area contributed by atoms with Crippen molar-refractivity contribution in [1.82, 2.24) is 10.2 Å². The molecule has 0 aromatic rings. The van der Waals surface area contributed by atoms with Gasteiger partial charge in [-0.2, -0.15) is 0 Å². The van der Waals surface area contributed by atoms with E-state index in [-0.39, 0.29) is 17.9 Å². The van der Waals surface area contributed by atoms with E-state index in [1.165, 1.54) is 0 Å². The van der Waals surface area contributed by atoms with Crippen LogP contribution in [0.25, 0.3) is 0 Å². The molecule has 5 nitrogen and oxygen atoms in total. The van der Waals surface area contributed by atoms with Crippen LogP contribution in [-0.4, -0.2) is 49.6 Å². The molecule has 0 aromatic heterocycles. The molecule has 0 heterocycles. The van der Waals surface area contributed by atoms with Crippen LogP contribution in [0.4, 0.5) is 0 Å². The predicted octanol–water partition coefficient (Wildman–Crippen LogP) is 1.03. The molecule has 106 valence electrons. The fraction of sp³-hybridized carbons (Fsp3) is 0.846. The van der Waals surface area contributed by atoms with Crippen LogP contribution in [0.1, 0.15) is 34.1 Å². The molecule has 0 rings (SSSR count). The molecule has 0 aliphatic rings. The SMILES string of the molecule is CCOC(=O)CCN(C)C(C)C(=O)NCC(C)C. The third kappa shape index (κ3) is 7.27. The Balaban J connectivity index is 3.97. The smallest absolute Gasteiger partial charge is 0.307 e. The molecule has 1 amide bonds. The van der Waals surface area contributed by atoms with Crippen molar-refractivity contribution in [2.24, 2.45) is 5.92 Å². The Kier molecular flexibility index (Phi) is 8.37. The molecule has 1 N–H and O–H groups in total. The minimum absolute atomic E-state index is 0.00458. The number of hydrogen-bond acceptors (Lipinski definition) is 4. The zero-order chi connectivity index (χ0) is 14.1. The lowest BCUT2D eigenvalue weighted by molar-refractivity contribution is -0.144. The highest BCUT2D eigenvalue weighted by Crippen LogP contribution is 1.99. The molecule has 0 bridgehead atoms. The van der Waals surface area contributed by atoms with E-state index in [1.807, 2.05) is 18.9 Å². The maximum atomic E-state index is 11.8. The molecule has 0 aromatic carbocycles. The molecule has 18 heavy (non-hydrogen) atoms. The van der Waals surface area contributed by atoms with Crippen LogP contribution in [-0.2, 0) is 14.3 Å². The van der Waals surface area contributed by atoms with Gasteiger partial charge in [-0.3, -0.25) is 14.5 Å². The van der Waals surface area contributed by atoms with Crippen molar-refractivity contribution in [2.75, 3.05) is 26.7 Å². The molecular weight excluding hydrogens is 232 g/mol. The molecule has 0 spiro atoms. The first-order valence-electron chi connectivity index (χ1n) is 6.52. The Labute approximate surface area is 110 Å². The first-order chi connectivity index (χ1) is 8.38. The van der Waals surface area contributed by atoms with Crippen LogP contribution in [0.15, 0.2) is 0 Å². The Hall–Kier alpha value is -1.10. The van der Waals surface area contributed by atoms with Crippen molar-refractivity contribution in [3.05, 3.63) is 0 Å². The number of nitrogens with zero attached hydrogens (tertiary/aromatic N) is 1. The third-order valence-corrected chi connectivity index (χ3v) is 2.70. The first-order valence-corrected chi connectivity index (χ1v) is 6.52. The minimum atomic E-state index is -0.238. The number of carbonyl (C=O) groups is 2. The van der Waals surface area contributed by atoms with Crippen LogP contribution in [0, 0.1) is 5.92 Å². The van der Waals surface area contributed by atoms with Gasteiger partial charge in [0.1, 0.15) is 0 Å². The Bertz CT molecular complexity index is 267. The summed E-state index contributed by atoms with van der Waals surface area (Å²) in [5, 5.41) is 2.88. The lowest BCUT2D eigenvalue weighted by Crippen LogP contribution is -2.44. The predicted molar refractivity (Wildman–Crippen MR) is 71.2 cm³/mol. The van der Waals surface area contributed by atoms with Gasteiger partial charge in [-0.25, -0.2) is 0 Å². The number of amides is 1. The zero-order valence-electron chi connectivity index (χ0n) is 12.2. The van der Waals surface area contributed by atoms with Crippen LogP contribution >= 0.6 is 0 Å². The lowest BCUT2D eigenvalue weighted by Gasteiger charge is -2.23. The highest BCUT2D eigenvalue weighted by atomic mass is 16.5. The normalized spacial score (nSPS) is 12.6. The summed E-state index contributed by atoms with van der Waals surface area (Å²) in [4.78, 5) is 24.8. The summed E-state index contributed by atoms with van der Waals surface area (Å²) < 4.78 is 4.85. The summed E-state index contributed by atoms with van der Waals surface area (Å²) in [6.45, 7) is 9.31. The maximum absolute atomic E-state index is 11.8. The van der Waals surface area contributed by atoms with Gasteiger partial charge < -0.3 is 10.1 Å². The summed E-state index contributed by atoms with van der Waals surface area (Å²) in [7, 11) is 1.83. The summed E-state index contributed by atoms with van der Waals surface area (Å²) in [5.74, 6) is 0.209. The van der Waals surface area contributed by atoms with Gasteiger partial charge in [-0.1, -0.05) is 13.8 Å². The van der Waals surface area contributed by atoms with Crippen molar-refractivity contribution in [1.29, 1.82) is 0 Å². The Morgan fingerprint density at radius 1 is 1.28 bits per heavy atom. The summed E-state index contributed by atoms with van der Waals surface area (Å²) in [6, 6.07) is -0.238. The summed E-state index contributed by atoms with van der Waals surface area (Å²) in [6.07, 6.45) is 0.312.